The summed E-state index contributed by atoms with van der Waals surface area (Å²) in [7, 11) is 0. The number of nitrogens with zero attached hydrogens (tertiary/aromatic N) is 3. The number of hydrogen-bond donors (Lipinski definition) is 0. The van der Waals surface area contributed by atoms with Gasteiger partial charge in [-0.2, -0.15) is 10.5 Å². The first-order chi connectivity index (χ1) is 6.77. The molecule has 1 heterocycles. The summed E-state index contributed by atoms with van der Waals surface area (Å²) < 4.78 is 0. The van der Waals surface area contributed by atoms with Gasteiger partial charge in [-0.1, -0.05) is 0 Å². The third-order valence-electron chi connectivity index (χ3n) is 1.68. The minimum absolute atomic E-state index is 0.0707. The molecule has 0 unspecified atom stereocenters. The highest BCUT2D eigenvalue weighted by Crippen LogP contribution is 2.07. The third-order valence-corrected chi connectivity index (χ3v) is 1.68. The summed E-state index contributed by atoms with van der Waals surface area (Å²) >= 11 is 0. The van der Waals surface area contributed by atoms with Crippen LogP contribution in [0.5, 0.6) is 0 Å². The van der Waals surface area contributed by atoms with Crippen LogP contribution in [0.3, 0.4) is 0 Å². The minimum Gasteiger partial charge on any atom is -0.294 e. The number of Topliss-reactive ketones (excluding diaryl/α,β-unsaturated/α-hetero) is 1. The number of ketones is 1. The molecule has 0 N–H and O–H groups in total. The molecule has 0 aromatic carbocycles. The maximum absolute atomic E-state index is 11.4. The summed E-state index contributed by atoms with van der Waals surface area (Å²) in [5.74, 6) is -1.10. The maximum atomic E-state index is 11.4. The molecule has 14 heavy (non-hydrogen) atoms. The van der Waals surface area contributed by atoms with Crippen LogP contribution in [0.2, 0.25) is 0 Å². The maximum Gasteiger partial charge on any atom is 0.166 e. The average Bonchev–Trinajstić information content (AvgIpc) is 2.26. The number of pyridine rings is 1. The molecule has 1 rings (SSSR count). The molecule has 0 amide bonds. The van der Waals surface area contributed by atoms with E-state index in [4.69, 9.17) is 10.5 Å². The summed E-state index contributed by atoms with van der Waals surface area (Å²) in [6, 6.07) is 6.75. The molecule has 0 saturated heterocycles. The van der Waals surface area contributed by atoms with Gasteiger partial charge in [-0.25, -0.2) is 0 Å². The zero-order valence-electron chi connectivity index (χ0n) is 7.34. The molecule has 0 radical (unpaired) electrons. The van der Waals surface area contributed by atoms with E-state index >= 15 is 0 Å². The molecule has 0 aliphatic carbocycles. The van der Waals surface area contributed by atoms with Crippen molar-refractivity contribution in [2.45, 2.75) is 6.42 Å². The van der Waals surface area contributed by atoms with E-state index in [-0.39, 0.29) is 12.2 Å². The molecule has 0 bridgehead atoms. The van der Waals surface area contributed by atoms with Crippen molar-refractivity contribution >= 4 is 5.78 Å². The molecule has 0 aliphatic heterocycles. The summed E-state index contributed by atoms with van der Waals surface area (Å²) in [5, 5.41) is 17.0. The van der Waals surface area contributed by atoms with Gasteiger partial charge >= 0.3 is 0 Å². The first-order valence-electron chi connectivity index (χ1n) is 4.00. The van der Waals surface area contributed by atoms with Crippen LogP contribution in [0, 0.1) is 28.6 Å². The Hall–Kier alpha value is -2.20. The lowest BCUT2D eigenvalue weighted by Gasteiger charge is -1.98. The summed E-state index contributed by atoms with van der Waals surface area (Å²) in [6.07, 6.45) is 2.91. The molecule has 68 valence electrons. The van der Waals surface area contributed by atoms with Crippen molar-refractivity contribution in [3.05, 3.63) is 30.1 Å². The number of carbonyl (C=O) groups is 1. The van der Waals surface area contributed by atoms with Gasteiger partial charge in [0.25, 0.3) is 0 Å². The number of nitriles is 2. The monoisotopic (exact) mass is 185 g/mol. The fourth-order valence-electron chi connectivity index (χ4n) is 0.951. The first-order valence-corrected chi connectivity index (χ1v) is 4.00. The number of hydrogen-bond acceptors (Lipinski definition) is 4. The Morgan fingerprint density at radius 3 is 2.71 bits per heavy atom. The van der Waals surface area contributed by atoms with E-state index in [1.807, 2.05) is 0 Å². The van der Waals surface area contributed by atoms with Gasteiger partial charge in [0.2, 0.25) is 0 Å². The zero-order chi connectivity index (χ0) is 10.4. The van der Waals surface area contributed by atoms with Crippen LogP contribution in [0.15, 0.2) is 24.5 Å². The molecule has 0 atom stereocenters. The molecule has 4 nitrogen and oxygen atoms in total. The molecular weight excluding hydrogens is 178 g/mol. The molecule has 1 aromatic rings. The van der Waals surface area contributed by atoms with E-state index in [0.29, 0.717) is 5.56 Å². The van der Waals surface area contributed by atoms with Crippen molar-refractivity contribution in [1.82, 2.24) is 4.98 Å². The highest BCUT2D eigenvalue weighted by atomic mass is 16.1. The largest absolute Gasteiger partial charge is 0.294 e. The average molecular weight is 185 g/mol. The fourth-order valence-corrected chi connectivity index (χ4v) is 0.951. The van der Waals surface area contributed by atoms with Crippen LogP contribution >= 0.6 is 0 Å². The van der Waals surface area contributed by atoms with Gasteiger partial charge in [-0.15, -0.1) is 0 Å². The molecule has 0 saturated carbocycles. The number of aromatic nitrogens is 1. The van der Waals surface area contributed by atoms with Crippen molar-refractivity contribution in [1.29, 1.82) is 10.5 Å². The Bertz CT molecular complexity index is 386. The highest BCUT2D eigenvalue weighted by Gasteiger charge is 2.13. The number of carbonyl (C=O) groups excluding carboxylic acids is 1. The van der Waals surface area contributed by atoms with E-state index in [9.17, 15) is 4.79 Å². The summed E-state index contributed by atoms with van der Waals surface area (Å²) in [5.41, 5.74) is 0.433. The van der Waals surface area contributed by atoms with Gasteiger partial charge in [0.1, 0.15) is 5.92 Å². The van der Waals surface area contributed by atoms with E-state index in [0.717, 1.165) is 0 Å². The Morgan fingerprint density at radius 1 is 1.50 bits per heavy atom. The molecule has 0 fully saturated rings. The van der Waals surface area contributed by atoms with Crippen LogP contribution in [0.1, 0.15) is 16.8 Å². The molecule has 1 aromatic heterocycles. The third kappa shape index (κ3) is 2.40. The Balaban J connectivity index is 2.71. The highest BCUT2D eigenvalue weighted by molar-refractivity contribution is 5.96. The second-order valence-electron chi connectivity index (χ2n) is 2.68. The topological polar surface area (TPSA) is 77.5 Å². The van der Waals surface area contributed by atoms with E-state index in [1.165, 1.54) is 6.20 Å². The Morgan fingerprint density at radius 2 is 2.21 bits per heavy atom. The lowest BCUT2D eigenvalue weighted by Crippen LogP contribution is -2.05. The normalized spacial score (nSPS) is 9.07. The van der Waals surface area contributed by atoms with Gasteiger partial charge in [0.15, 0.2) is 5.78 Å². The smallest absolute Gasteiger partial charge is 0.166 e. The molecule has 4 heteroatoms. The predicted octanol–water partition coefficient (Wildman–Crippen LogP) is 1.32. The molecular formula is C10H7N3O. The van der Waals surface area contributed by atoms with E-state index in [2.05, 4.69) is 4.98 Å². The van der Waals surface area contributed by atoms with Crippen LogP contribution in [-0.2, 0) is 0 Å². The second-order valence-corrected chi connectivity index (χ2v) is 2.68. The van der Waals surface area contributed by atoms with Gasteiger partial charge in [0.05, 0.1) is 12.1 Å². The summed E-state index contributed by atoms with van der Waals surface area (Å²) in [4.78, 5) is 15.2. The van der Waals surface area contributed by atoms with Crippen LogP contribution in [0.25, 0.3) is 0 Å². The fraction of sp³-hybridized carbons (Fsp3) is 0.200. The Kier molecular flexibility index (Phi) is 3.34. The number of rotatable bonds is 3. The van der Waals surface area contributed by atoms with Gasteiger partial charge in [0, 0.05) is 24.4 Å². The van der Waals surface area contributed by atoms with Crippen LogP contribution in [0.4, 0.5) is 0 Å². The standard InChI is InChI=1S/C10H7N3O/c11-5-8(6-12)4-10(14)9-2-1-3-13-7-9/h1-3,7-8H,4H2. The quantitative estimate of drug-likeness (QED) is 0.665. The van der Waals surface area contributed by atoms with Crippen LogP contribution in [-0.4, -0.2) is 10.8 Å². The van der Waals surface area contributed by atoms with Crippen molar-refractivity contribution < 1.29 is 4.79 Å². The molecule has 0 spiro atoms. The lowest BCUT2D eigenvalue weighted by atomic mass is 10.0. The van der Waals surface area contributed by atoms with Gasteiger partial charge in [-0.3, -0.25) is 9.78 Å². The van der Waals surface area contributed by atoms with E-state index in [1.54, 1.807) is 30.5 Å². The van der Waals surface area contributed by atoms with Crippen molar-refractivity contribution in [2.75, 3.05) is 0 Å². The van der Waals surface area contributed by atoms with Crippen molar-refractivity contribution in [2.24, 2.45) is 5.92 Å². The minimum atomic E-state index is -0.872. The summed E-state index contributed by atoms with van der Waals surface area (Å²) in [6.45, 7) is 0. The molecule has 0 aliphatic rings. The second kappa shape index (κ2) is 4.74. The lowest BCUT2D eigenvalue weighted by molar-refractivity contribution is 0.0976. The van der Waals surface area contributed by atoms with Gasteiger partial charge in [-0.05, 0) is 12.1 Å². The predicted molar refractivity (Wildman–Crippen MR) is 47.9 cm³/mol. The Labute approximate surface area is 81.4 Å². The first kappa shape index (κ1) is 9.88. The van der Waals surface area contributed by atoms with Gasteiger partial charge < -0.3 is 0 Å². The van der Waals surface area contributed by atoms with Crippen LogP contribution < -0.4 is 0 Å². The van der Waals surface area contributed by atoms with Crippen molar-refractivity contribution in [3.63, 3.8) is 0 Å². The SMILES string of the molecule is N#CC(C#N)CC(=O)c1cccnc1. The zero-order valence-corrected chi connectivity index (χ0v) is 7.34. The van der Waals surface area contributed by atoms with E-state index < -0.39 is 5.92 Å². The van der Waals surface area contributed by atoms with Crippen molar-refractivity contribution in [3.8, 4) is 12.1 Å².